The Hall–Kier alpha value is -0.623. The van der Waals surface area contributed by atoms with Gasteiger partial charge in [-0.3, -0.25) is 4.98 Å². The van der Waals surface area contributed by atoms with Crippen molar-refractivity contribution in [2.75, 3.05) is 0 Å². The number of hydrogen-bond donors (Lipinski definition) is 0. The molecule has 2 nitrogen and oxygen atoms in total. The minimum atomic E-state index is 0. The predicted molar refractivity (Wildman–Crippen MR) is 57.3 cm³/mol. The maximum Gasteiger partial charge on any atom is 1.00 e. The monoisotopic (exact) mass is 244 g/mol. The Bertz CT molecular complexity index is 294. The van der Waals surface area contributed by atoms with Crippen LogP contribution < -0.4 is 18.9 Å². The summed E-state index contributed by atoms with van der Waals surface area (Å²) in [4.78, 5) is 7.68. The van der Waals surface area contributed by atoms with Gasteiger partial charge in [0.25, 0.3) is 0 Å². The fourth-order valence-electron chi connectivity index (χ4n) is 0.655. The molecular weight excluding hydrogens is 235 g/mol. The second-order valence-corrected chi connectivity index (χ2v) is 2.99. The molecule has 2 aromatic rings. The first kappa shape index (κ1) is 13.4. The van der Waals surface area contributed by atoms with E-state index >= 15 is 0 Å². The minimum Gasteiger partial charge on any atom is -1.00 e. The van der Waals surface area contributed by atoms with Gasteiger partial charge in [0.1, 0.15) is 4.60 Å². The van der Waals surface area contributed by atoms with E-state index in [0.717, 1.165) is 4.60 Å². The van der Waals surface area contributed by atoms with Crippen molar-refractivity contribution in [1.29, 1.82) is 0 Å². The second-order valence-electron chi connectivity index (χ2n) is 2.18. The third-order valence-electron chi connectivity index (χ3n) is 1.20. The molecule has 0 unspecified atom stereocenters. The van der Waals surface area contributed by atoms with E-state index in [9.17, 15) is 0 Å². The Morgan fingerprint density at radius 3 is 1.79 bits per heavy atom. The number of aromatic nitrogens is 2. The van der Waals surface area contributed by atoms with Gasteiger partial charge in [-0.25, -0.2) is 4.98 Å². The molecule has 0 radical (unpaired) electrons. The van der Waals surface area contributed by atoms with Crippen LogP contribution in [-0.2, 0) is 0 Å². The Morgan fingerprint density at radius 1 is 0.929 bits per heavy atom. The van der Waals surface area contributed by atoms with Gasteiger partial charge < -0.3 is 1.43 Å². The van der Waals surface area contributed by atoms with E-state index < -0.39 is 0 Å². The average Bonchev–Trinajstić information content (AvgIpc) is 2.22. The summed E-state index contributed by atoms with van der Waals surface area (Å²) < 4.78 is 0.884. The molecule has 0 aliphatic carbocycles. The first-order valence-electron chi connectivity index (χ1n) is 3.81. The van der Waals surface area contributed by atoms with Crippen molar-refractivity contribution >= 4 is 15.9 Å². The molecule has 68 valence electrons. The number of nitrogens with zero attached hydrogens (tertiary/aromatic N) is 2. The van der Waals surface area contributed by atoms with Gasteiger partial charge in [-0.15, -0.1) is 0 Å². The third kappa shape index (κ3) is 6.85. The Morgan fingerprint density at radius 2 is 1.57 bits per heavy atom. The normalized spacial score (nSPS) is 7.79. The molecule has 0 saturated carbocycles. The first-order chi connectivity index (χ1) is 6.39. The summed E-state index contributed by atoms with van der Waals surface area (Å²) in [5.74, 6) is 0. The summed E-state index contributed by atoms with van der Waals surface area (Å²) in [5.41, 5.74) is 0. The third-order valence-corrected chi connectivity index (χ3v) is 1.66. The summed E-state index contributed by atoms with van der Waals surface area (Å²) in [5, 5.41) is 0. The molecular formula is C10H10BrLiN2. The molecule has 0 fully saturated rings. The minimum absolute atomic E-state index is 0. The van der Waals surface area contributed by atoms with Gasteiger partial charge in [-0.05, 0) is 40.2 Å². The molecule has 0 aliphatic rings. The zero-order valence-corrected chi connectivity index (χ0v) is 9.55. The van der Waals surface area contributed by atoms with Crippen LogP contribution in [0.5, 0.6) is 0 Å². The predicted octanol–water partition coefficient (Wildman–Crippen LogP) is 0.0422. The van der Waals surface area contributed by atoms with Crippen molar-refractivity contribution in [2.24, 2.45) is 0 Å². The zero-order chi connectivity index (χ0) is 9.36. The van der Waals surface area contributed by atoms with Crippen LogP contribution in [0.1, 0.15) is 1.43 Å². The van der Waals surface area contributed by atoms with Crippen LogP contribution in [0.25, 0.3) is 0 Å². The van der Waals surface area contributed by atoms with Crippen LogP contribution >= 0.6 is 15.9 Å². The summed E-state index contributed by atoms with van der Waals surface area (Å²) in [7, 11) is 0. The van der Waals surface area contributed by atoms with Crippen LogP contribution in [0.15, 0.2) is 59.6 Å². The Labute approximate surface area is 106 Å². The van der Waals surface area contributed by atoms with Gasteiger partial charge in [0.2, 0.25) is 0 Å². The maximum atomic E-state index is 3.90. The van der Waals surface area contributed by atoms with E-state index in [0.29, 0.717) is 0 Å². The van der Waals surface area contributed by atoms with E-state index in [1.807, 2.05) is 36.4 Å². The Kier molecular flexibility index (Phi) is 8.55. The van der Waals surface area contributed by atoms with E-state index in [4.69, 9.17) is 0 Å². The summed E-state index contributed by atoms with van der Waals surface area (Å²) in [6.45, 7) is 0. The van der Waals surface area contributed by atoms with Crippen LogP contribution in [0.4, 0.5) is 0 Å². The SMILES string of the molecule is Brc1ccccn1.[H-].[Li+].c1ccncc1. The molecule has 0 saturated heterocycles. The fourth-order valence-corrected chi connectivity index (χ4v) is 0.925. The molecule has 0 spiro atoms. The molecule has 0 aromatic carbocycles. The van der Waals surface area contributed by atoms with Crippen molar-refractivity contribution in [3.63, 3.8) is 0 Å². The van der Waals surface area contributed by atoms with Crippen molar-refractivity contribution in [3.8, 4) is 0 Å². The van der Waals surface area contributed by atoms with Crippen molar-refractivity contribution in [2.45, 2.75) is 0 Å². The molecule has 2 heterocycles. The van der Waals surface area contributed by atoms with Gasteiger partial charge in [0, 0.05) is 18.6 Å². The van der Waals surface area contributed by atoms with E-state index in [2.05, 4.69) is 25.9 Å². The number of hydrogen-bond acceptors (Lipinski definition) is 2. The van der Waals surface area contributed by atoms with Crippen molar-refractivity contribution in [3.05, 3.63) is 59.6 Å². The number of rotatable bonds is 0. The second kappa shape index (κ2) is 8.95. The van der Waals surface area contributed by atoms with E-state index in [1.165, 1.54) is 0 Å². The van der Waals surface area contributed by atoms with Crippen LogP contribution in [0.2, 0.25) is 0 Å². The molecule has 0 aliphatic heterocycles. The molecule has 0 N–H and O–H groups in total. The van der Waals surface area contributed by atoms with Gasteiger partial charge in [-0.1, -0.05) is 12.1 Å². The quantitative estimate of drug-likeness (QED) is 0.484. The zero-order valence-electron chi connectivity index (χ0n) is 8.97. The molecule has 0 atom stereocenters. The summed E-state index contributed by atoms with van der Waals surface area (Å²) >= 11 is 3.20. The molecule has 0 amide bonds. The topological polar surface area (TPSA) is 25.8 Å². The van der Waals surface area contributed by atoms with E-state index in [-0.39, 0.29) is 20.3 Å². The molecule has 2 aromatic heterocycles. The molecule has 4 heteroatoms. The summed E-state index contributed by atoms with van der Waals surface area (Å²) in [6, 6.07) is 11.4. The van der Waals surface area contributed by atoms with Gasteiger partial charge in [-0.2, -0.15) is 0 Å². The van der Waals surface area contributed by atoms with Crippen molar-refractivity contribution < 1.29 is 20.3 Å². The average molecular weight is 245 g/mol. The fraction of sp³-hybridized carbons (Fsp3) is 0. The van der Waals surface area contributed by atoms with Crippen LogP contribution in [0.3, 0.4) is 0 Å². The smallest absolute Gasteiger partial charge is 1.00 e. The number of halogens is 1. The van der Waals surface area contributed by atoms with Crippen LogP contribution in [-0.4, -0.2) is 9.97 Å². The number of pyridine rings is 2. The van der Waals surface area contributed by atoms with Gasteiger partial charge in [0.15, 0.2) is 0 Å². The standard InChI is InChI=1S/C5H4BrN.C5H5N.Li.H/c6-5-3-1-2-4-7-5;1-2-4-6-5-3-1;;/h1-4H;1-5H;;/q;;+1;-1. The molecule has 0 bridgehead atoms. The largest absolute Gasteiger partial charge is 1.00 e. The van der Waals surface area contributed by atoms with Crippen LogP contribution in [0, 0.1) is 0 Å². The Balaban J connectivity index is 0. The summed E-state index contributed by atoms with van der Waals surface area (Å²) in [6.07, 6.45) is 5.24. The van der Waals surface area contributed by atoms with E-state index in [1.54, 1.807) is 18.6 Å². The van der Waals surface area contributed by atoms with Gasteiger partial charge >= 0.3 is 18.9 Å². The van der Waals surface area contributed by atoms with Gasteiger partial charge in [0.05, 0.1) is 0 Å². The maximum absolute atomic E-state index is 3.90. The molecule has 14 heavy (non-hydrogen) atoms. The first-order valence-corrected chi connectivity index (χ1v) is 4.60. The molecule has 2 rings (SSSR count). The van der Waals surface area contributed by atoms with Crippen molar-refractivity contribution in [1.82, 2.24) is 9.97 Å².